The van der Waals surface area contributed by atoms with Crippen molar-refractivity contribution in [2.24, 2.45) is 0 Å². The molecular formula is C24H20N2O4S2. The summed E-state index contributed by atoms with van der Waals surface area (Å²) in [7, 11) is -2.45. The Morgan fingerprint density at radius 3 is 2.25 bits per heavy atom. The molecule has 4 rings (SSSR count). The van der Waals surface area contributed by atoms with Crippen LogP contribution in [0.2, 0.25) is 0 Å². The molecule has 1 aromatic heterocycles. The number of carbonyl (C=O) groups excluding carboxylic acids is 1. The van der Waals surface area contributed by atoms with Crippen LogP contribution in [0, 0.1) is 0 Å². The Kier molecular flexibility index (Phi) is 5.98. The third-order valence-electron chi connectivity index (χ3n) is 4.79. The number of ketones is 1. The van der Waals surface area contributed by atoms with Crippen LogP contribution in [0.4, 0.5) is 16.4 Å². The summed E-state index contributed by atoms with van der Waals surface area (Å²) >= 11 is 1.01. The third-order valence-corrected chi connectivity index (χ3v) is 7.89. The van der Waals surface area contributed by atoms with Crippen LogP contribution < -0.4 is 15.8 Å². The molecule has 0 aliphatic rings. The van der Waals surface area contributed by atoms with E-state index < -0.39 is 9.84 Å². The number of carbonyl (C=O) groups is 1. The van der Waals surface area contributed by atoms with Gasteiger partial charge in [0.15, 0.2) is 0 Å². The minimum absolute atomic E-state index is 0.0712. The highest BCUT2D eigenvalue weighted by Crippen LogP contribution is 2.44. The average molecular weight is 465 g/mol. The summed E-state index contributed by atoms with van der Waals surface area (Å²) < 4.78 is 32.3. The van der Waals surface area contributed by atoms with Gasteiger partial charge in [0.25, 0.3) is 0 Å². The van der Waals surface area contributed by atoms with Gasteiger partial charge in [-0.15, -0.1) is 11.3 Å². The minimum atomic E-state index is -3.99. The molecule has 162 valence electrons. The first kappa shape index (κ1) is 21.6. The smallest absolute Gasteiger partial charge is 0.211 e. The molecular weight excluding hydrogens is 444 g/mol. The van der Waals surface area contributed by atoms with E-state index in [4.69, 9.17) is 10.5 Å². The lowest BCUT2D eigenvalue weighted by Gasteiger charge is -2.10. The van der Waals surface area contributed by atoms with Crippen molar-refractivity contribution in [3.63, 3.8) is 0 Å². The van der Waals surface area contributed by atoms with Crippen molar-refractivity contribution < 1.29 is 17.9 Å². The third kappa shape index (κ3) is 4.10. The highest BCUT2D eigenvalue weighted by Gasteiger charge is 2.31. The van der Waals surface area contributed by atoms with E-state index in [9.17, 15) is 13.2 Å². The Balaban J connectivity index is 1.88. The van der Waals surface area contributed by atoms with Gasteiger partial charge in [-0.05, 0) is 24.3 Å². The number of nitrogens with two attached hydrogens (primary N) is 1. The zero-order valence-electron chi connectivity index (χ0n) is 17.1. The van der Waals surface area contributed by atoms with E-state index >= 15 is 0 Å². The molecule has 0 amide bonds. The standard InChI is InChI=1S/C24H20N2O4S2/c1-30-18-12-8-11-17(15-18)26-24-23(32(28,29)19-13-6-3-7-14-19)20(25)22(31-24)21(27)16-9-4-2-5-10-16/h2-15,26H,25H2,1H3. The van der Waals surface area contributed by atoms with Gasteiger partial charge in [-0.3, -0.25) is 4.79 Å². The SMILES string of the molecule is COc1cccc(Nc2sc(C(=O)c3ccccc3)c(N)c2S(=O)(=O)c2ccccc2)c1. The van der Waals surface area contributed by atoms with Crippen LogP contribution in [0.25, 0.3) is 0 Å². The van der Waals surface area contributed by atoms with Gasteiger partial charge >= 0.3 is 0 Å². The predicted molar refractivity (Wildman–Crippen MR) is 127 cm³/mol. The van der Waals surface area contributed by atoms with Gasteiger partial charge in [-0.2, -0.15) is 0 Å². The predicted octanol–water partition coefficient (Wildman–Crippen LogP) is 5.15. The number of hydrogen-bond acceptors (Lipinski definition) is 7. The zero-order chi connectivity index (χ0) is 22.7. The van der Waals surface area contributed by atoms with E-state index in [1.54, 1.807) is 79.9 Å². The number of benzene rings is 3. The highest BCUT2D eigenvalue weighted by molar-refractivity contribution is 7.92. The average Bonchev–Trinajstić information content (AvgIpc) is 3.16. The number of nitrogen functional groups attached to an aromatic ring is 1. The van der Waals surface area contributed by atoms with E-state index in [2.05, 4.69) is 5.32 Å². The maximum absolute atomic E-state index is 13.5. The number of thiophene rings is 1. The van der Waals surface area contributed by atoms with Crippen LogP contribution in [0.3, 0.4) is 0 Å². The fourth-order valence-electron chi connectivity index (χ4n) is 3.22. The summed E-state index contributed by atoms with van der Waals surface area (Å²) in [5.41, 5.74) is 7.28. The summed E-state index contributed by atoms with van der Waals surface area (Å²) in [6.07, 6.45) is 0. The number of sulfone groups is 1. The van der Waals surface area contributed by atoms with E-state index in [1.807, 2.05) is 0 Å². The van der Waals surface area contributed by atoms with Crippen molar-refractivity contribution in [2.45, 2.75) is 9.79 Å². The molecule has 3 N–H and O–H groups in total. The fourth-order valence-corrected chi connectivity index (χ4v) is 6.17. The van der Waals surface area contributed by atoms with Crippen molar-refractivity contribution >= 4 is 43.3 Å². The number of ether oxygens (including phenoxy) is 1. The van der Waals surface area contributed by atoms with Crippen LogP contribution >= 0.6 is 11.3 Å². The van der Waals surface area contributed by atoms with Crippen LogP contribution in [0.15, 0.2) is 94.7 Å². The topological polar surface area (TPSA) is 98.5 Å². The Hall–Kier alpha value is -3.62. The van der Waals surface area contributed by atoms with Gasteiger partial charge in [-0.1, -0.05) is 54.6 Å². The van der Waals surface area contributed by atoms with E-state index in [-0.39, 0.29) is 31.1 Å². The molecule has 6 nitrogen and oxygen atoms in total. The highest BCUT2D eigenvalue weighted by atomic mass is 32.2. The van der Waals surface area contributed by atoms with Crippen molar-refractivity contribution in [3.8, 4) is 5.75 Å². The lowest BCUT2D eigenvalue weighted by molar-refractivity contribution is 0.104. The first-order valence-electron chi connectivity index (χ1n) is 9.65. The van der Waals surface area contributed by atoms with E-state index in [1.165, 1.54) is 12.1 Å². The van der Waals surface area contributed by atoms with Crippen LogP contribution in [0.1, 0.15) is 15.2 Å². The Bertz CT molecular complexity index is 1370. The number of anilines is 3. The summed E-state index contributed by atoms with van der Waals surface area (Å²) in [4.78, 5) is 13.3. The van der Waals surface area contributed by atoms with Crippen molar-refractivity contribution in [1.29, 1.82) is 0 Å². The van der Waals surface area contributed by atoms with Gasteiger partial charge in [0, 0.05) is 17.3 Å². The van der Waals surface area contributed by atoms with Crippen LogP contribution in [-0.4, -0.2) is 21.3 Å². The van der Waals surface area contributed by atoms with Gasteiger partial charge in [0.1, 0.15) is 20.5 Å². The zero-order valence-corrected chi connectivity index (χ0v) is 18.7. The van der Waals surface area contributed by atoms with E-state index in [0.29, 0.717) is 17.0 Å². The maximum atomic E-state index is 13.5. The Morgan fingerprint density at radius 1 is 0.938 bits per heavy atom. The van der Waals surface area contributed by atoms with Crippen LogP contribution in [0.5, 0.6) is 5.75 Å². The van der Waals surface area contributed by atoms with Crippen LogP contribution in [-0.2, 0) is 9.84 Å². The monoisotopic (exact) mass is 464 g/mol. The number of hydrogen-bond donors (Lipinski definition) is 2. The maximum Gasteiger partial charge on any atom is 0.211 e. The quantitative estimate of drug-likeness (QED) is 0.367. The fraction of sp³-hybridized carbons (Fsp3) is 0.0417. The van der Waals surface area contributed by atoms with Gasteiger partial charge < -0.3 is 15.8 Å². The molecule has 0 saturated heterocycles. The van der Waals surface area contributed by atoms with Gasteiger partial charge in [0.05, 0.1) is 17.7 Å². The molecule has 0 atom stereocenters. The molecule has 3 aromatic carbocycles. The summed E-state index contributed by atoms with van der Waals surface area (Å²) in [6, 6.07) is 23.7. The lowest BCUT2D eigenvalue weighted by atomic mass is 10.1. The van der Waals surface area contributed by atoms with Crippen molar-refractivity contribution in [1.82, 2.24) is 0 Å². The molecule has 0 saturated carbocycles. The second kappa shape index (κ2) is 8.86. The minimum Gasteiger partial charge on any atom is -0.497 e. The van der Waals surface area contributed by atoms with E-state index in [0.717, 1.165) is 11.3 Å². The Labute approximate surface area is 190 Å². The summed E-state index contributed by atoms with van der Waals surface area (Å²) in [6.45, 7) is 0. The van der Waals surface area contributed by atoms with Gasteiger partial charge in [-0.25, -0.2) is 8.42 Å². The lowest BCUT2D eigenvalue weighted by Crippen LogP contribution is -2.08. The number of nitrogens with one attached hydrogen (secondary N) is 1. The summed E-state index contributed by atoms with van der Waals surface area (Å²) in [5.74, 6) is 0.267. The first-order chi connectivity index (χ1) is 15.4. The molecule has 0 bridgehead atoms. The molecule has 0 fully saturated rings. The molecule has 4 aromatic rings. The summed E-state index contributed by atoms with van der Waals surface area (Å²) in [5, 5.41) is 3.38. The second-order valence-electron chi connectivity index (χ2n) is 6.87. The van der Waals surface area contributed by atoms with Crippen molar-refractivity contribution in [3.05, 3.63) is 95.4 Å². The van der Waals surface area contributed by atoms with Crippen molar-refractivity contribution in [2.75, 3.05) is 18.2 Å². The normalized spacial score (nSPS) is 11.2. The largest absolute Gasteiger partial charge is 0.497 e. The molecule has 1 heterocycles. The molecule has 0 aliphatic heterocycles. The molecule has 8 heteroatoms. The molecule has 32 heavy (non-hydrogen) atoms. The molecule has 0 aliphatic carbocycles. The molecule has 0 radical (unpaired) electrons. The number of methoxy groups -OCH3 is 1. The first-order valence-corrected chi connectivity index (χ1v) is 11.9. The second-order valence-corrected chi connectivity index (χ2v) is 9.78. The number of rotatable bonds is 7. The Morgan fingerprint density at radius 2 is 1.59 bits per heavy atom. The molecule has 0 spiro atoms. The molecule has 0 unspecified atom stereocenters. The van der Waals surface area contributed by atoms with Gasteiger partial charge in [0.2, 0.25) is 15.6 Å².